The van der Waals surface area contributed by atoms with E-state index in [0.29, 0.717) is 6.61 Å². The van der Waals surface area contributed by atoms with Crippen molar-refractivity contribution in [3.05, 3.63) is 59.4 Å². The van der Waals surface area contributed by atoms with Gasteiger partial charge < -0.3 is 15.4 Å². The Bertz CT molecular complexity index is 763. The summed E-state index contributed by atoms with van der Waals surface area (Å²) in [7, 11) is 0. The van der Waals surface area contributed by atoms with Gasteiger partial charge in [-0.25, -0.2) is 4.79 Å². The number of aromatic nitrogens is 1. The number of ether oxygens (including phenoxy) is 1. The maximum atomic E-state index is 12.5. The van der Waals surface area contributed by atoms with Crippen LogP contribution in [0.4, 0.5) is 10.5 Å². The largest absolute Gasteiger partial charge is 0.373 e. The lowest BCUT2D eigenvalue weighted by atomic mass is 9.90. The predicted octanol–water partition coefficient (Wildman–Crippen LogP) is 4.00. The number of amides is 2. The van der Waals surface area contributed by atoms with Crippen LogP contribution in [-0.4, -0.2) is 23.7 Å². The summed E-state index contributed by atoms with van der Waals surface area (Å²) in [5.41, 5.74) is 4.75. The number of hydrogen-bond donors (Lipinski definition) is 2. The maximum Gasteiger partial charge on any atom is 0.319 e. The van der Waals surface area contributed by atoms with Gasteiger partial charge in [-0.2, -0.15) is 0 Å². The number of nitrogens with one attached hydrogen (secondary N) is 2. The van der Waals surface area contributed by atoms with Crippen molar-refractivity contribution in [3.63, 3.8) is 0 Å². The summed E-state index contributed by atoms with van der Waals surface area (Å²) in [4.78, 5) is 16.6. The molecule has 5 heteroatoms. The highest BCUT2D eigenvalue weighted by Crippen LogP contribution is 2.29. The SMILES string of the molecule is O=C(Nc1cccc2c1CCCC2)NC1CCOC(c2ccncc2)C1. The average molecular weight is 351 g/mol. The van der Waals surface area contributed by atoms with Crippen molar-refractivity contribution in [2.45, 2.75) is 50.7 Å². The summed E-state index contributed by atoms with van der Waals surface area (Å²) in [5.74, 6) is 0. The number of carbonyl (C=O) groups is 1. The maximum absolute atomic E-state index is 12.5. The van der Waals surface area contributed by atoms with Gasteiger partial charge in [-0.15, -0.1) is 0 Å². The van der Waals surface area contributed by atoms with E-state index in [2.05, 4.69) is 21.7 Å². The zero-order chi connectivity index (χ0) is 17.8. The first-order valence-electron chi connectivity index (χ1n) is 9.49. The van der Waals surface area contributed by atoms with E-state index >= 15 is 0 Å². The third-order valence-corrected chi connectivity index (χ3v) is 5.34. The van der Waals surface area contributed by atoms with Gasteiger partial charge in [-0.1, -0.05) is 12.1 Å². The van der Waals surface area contributed by atoms with E-state index < -0.39 is 0 Å². The number of benzene rings is 1. The first-order valence-corrected chi connectivity index (χ1v) is 9.49. The molecular formula is C21H25N3O2. The van der Waals surface area contributed by atoms with Gasteiger partial charge in [0.1, 0.15) is 0 Å². The second-order valence-electron chi connectivity index (χ2n) is 7.11. The fourth-order valence-corrected chi connectivity index (χ4v) is 3.98. The Morgan fingerprint density at radius 3 is 2.85 bits per heavy atom. The summed E-state index contributed by atoms with van der Waals surface area (Å²) in [6.07, 6.45) is 9.78. The zero-order valence-electron chi connectivity index (χ0n) is 14.9. The molecule has 4 rings (SSSR count). The summed E-state index contributed by atoms with van der Waals surface area (Å²) < 4.78 is 5.87. The van der Waals surface area contributed by atoms with Crippen LogP contribution in [-0.2, 0) is 17.6 Å². The highest BCUT2D eigenvalue weighted by Gasteiger charge is 2.25. The zero-order valence-corrected chi connectivity index (χ0v) is 14.9. The minimum atomic E-state index is -0.121. The Kier molecular flexibility index (Phi) is 5.16. The Morgan fingerprint density at radius 2 is 1.96 bits per heavy atom. The van der Waals surface area contributed by atoms with E-state index in [1.165, 1.54) is 24.0 Å². The summed E-state index contributed by atoms with van der Waals surface area (Å²) in [6.45, 7) is 0.651. The smallest absolute Gasteiger partial charge is 0.319 e. The second kappa shape index (κ2) is 7.87. The normalized spacial score (nSPS) is 22.3. The Balaban J connectivity index is 1.38. The molecule has 0 spiro atoms. The van der Waals surface area contributed by atoms with Gasteiger partial charge in [-0.05, 0) is 73.4 Å². The van der Waals surface area contributed by atoms with Gasteiger partial charge in [-0.3, -0.25) is 4.98 Å². The van der Waals surface area contributed by atoms with Crippen molar-refractivity contribution in [2.75, 3.05) is 11.9 Å². The lowest BCUT2D eigenvalue weighted by Crippen LogP contribution is -2.42. The Hall–Kier alpha value is -2.40. The van der Waals surface area contributed by atoms with Crippen LogP contribution < -0.4 is 10.6 Å². The molecule has 1 aromatic heterocycles. The molecule has 26 heavy (non-hydrogen) atoms. The van der Waals surface area contributed by atoms with Gasteiger partial charge in [0.05, 0.1) is 6.10 Å². The van der Waals surface area contributed by atoms with Crippen LogP contribution in [0.3, 0.4) is 0 Å². The van der Waals surface area contributed by atoms with Crippen molar-refractivity contribution < 1.29 is 9.53 Å². The number of fused-ring (bicyclic) bond motifs is 1. The fraction of sp³-hybridized carbons (Fsp3) is 0.429. The van der Waals surface area contributed by atoms with Crippen molar-refractivity contribution in [1.29, 1.82) is 0 Å². The first-order chi connectivity index (χ1) is 12.8. The molecule has 2 heterocycles. The minimum absolute atomic E-state index is 0.0153. The Labute approximate surface area is 154 Å². The van der Waals surface area contributed by atoms with Crippen LogP contribution in [0.15, 0.2) is 42.7 Å². The molecule has 1 aliphatic carbocycles. The topological polar surface area (TPSA) is 63.2 Å². The van der Waals surface area contributed by atoms with Crippen molar-refractivity contribution >= 4 is 11.7 Å². The molecule has 2 amide bonds. The molecule has 136 valence electrons. The molecule has 5 nitrogen and oxygen atoms in total. The second-order valence-corrected chi connectivity index (χ2v) is 7.11. The molecule has 1 fully saturated rings. The molecule has 0 bridgehead atoms. The van der Waals surface area contributed by atoms with Gasteiger partial charge in [0.25, 0.3) is 0 Å². The summed E-state index contributed by atoms with van der Waals surface area (Å²) >= 11 is 0. The van der Waals surface area contributed by atoms with E-state index in [1.807, 2.05) is 24.3 Å². The van der Waals surface area contributed by atoms with Crippen LogP contribution in [0.25, 0.3) is 0 Å². The van der Waals surface area contributed by atoms with E-state index in [0.717, 1.165) is 36.9 Å². The highest BCUT2D eigenvalue weighted by atomic mass is 16.5. The number of urea groups is 1. The number of anilines is 1. The van der Waals surface area contributed by atoms with Crippen molar-refractivity contribution in [3.8, 4) is 0 Å². The summed E-state index contributed by atoms with van der Waals surface area (Å²) in [5, 5.41) is 6.20. The molecule has 2 N–H and O–H groups in total. The van der Waals surface area contributed by atoms with Gasteiger partial charge in [0.2, 0.25) is 0 Å². The molecule has 1 saturated heterocycles. The number of carbonyl (C=O) groups excluding carboxylic acids is 1. The van der Waals surface area contributed by atoms with Gasteiger partial charge in [0.15, 0.2) is 0 Å². The molecule has 2 aromatic rings. The molecule has 0 saturated carbocycles. The lowest BCUT2D eigenvalue weighted by molar-refractivity contribution is 0.00249. The van der Waals surface area contributed by atoms with Crippen LogP contribution in [0.2, 0.25) is 0 Å². The number of pyridine rings is 1. The average Bonchev–Trinajstić information content (AvgIpc) is 2.69. The predicted molar refractivity (Wildman–Crippen MR) is 101 cm³/mol. The van der Waals surface area contributed by atoms with Crippen molar-refractivity contribution in [1.82, 2.24) is 10.3 Å². The third kappa shape index (κ3) is 3.88. The number of hydrogen-bond acceptors (Lipinski definition) is 3. The Morgan fingerprint density at radius 1 is 1.12 bits per heavy atom. The fourth-order valence-electron chi connectivity index (χ4n) is 3.98. The molecule has 1 aromatic carbocycles. The first kappa shape index (κ1) is 17.0. The van der Waals surface area contributed by atoms with Crippen LogP contribution >= 0.6 is 0 Å². The molecule has 2 aliphatic rings. The van der Waals surface area contributed by atoms with E-state index in [1.54, 1.807) is 12.4 Å². The quantitative estimate of drug-likeness (QED) is 0.878. The molecule has 2 unspecified atom stereocenters. The minimum Gasteiger partial charge on any atom is -0.373 e. The van der Waals surface area contributed by atoms with E-state index in [-0.39, 0.29) is 18.2 Å². The van der Waals surface area contributed by atoms with E-state index in [9.17, 15) is 4.79 Å². The van der Waals surface area contributed by atoms with Crippen LogP contribution in [0, 0.1) is 0 Å². The van der Waals surface area contributed by atoms with Gasteiger partial charge in [0, 0.05) is 30.7 Å². The van der Waals surface area contributed by atoms with Gasteiger partial charge >= 0.3 is 6.03 Å². The van der Waals surface area contributed by atoms with E-state index in [4.69, 9.17) is 4.74 Å². The van der Waals surface area contributed by atoms with Crippen molar-refractivity contribution in [2.24, 2.45) is 0 Å². The molecule has 2 atom stereocenters. The molecule has 0 radical (unpaired) electrons. The monoisotopic (exact) mass is 351 g/mol. The van der Waals surface area contributed by atoms with Crippen LogP contribution in [0.1, 0.15) is 48.5 Å². The standard InChI is InChI=1S/C21H25N3O2/c25-21(24-19-7-3-5-15-4-1-2-6-18(15)19)23-17-10-13-26-20(14-17)16-8-11-22-12-9-16/h3,5,7-9,11-12,17,20H,1-2,4,6,10,13-14H2,(H2,23,24,25). The molecular weight excluding hydrogens is 326 g/mol. The number of rotatable bonds is 3. The third-order valence-electron chi connectivity index (χ3n) is 5.34. The summed E-state index contributed by atoms with van der Waals surface area (Å²) in [6, 6.07) is 10.2. The highest BCUT2D eigenvalue weighted by molar-refractivity contribution is 5.90. The molecule has 1 aliphatic heterocycles. The lowest BCUT2D eigenvalue weighted by Gasteiger charge is -2.30. The number of nitrogens with zero attached hydrogens (tertiary/aromatic N) is 1. The van der Waals surface area contributed by atoms with Crippen LogP contribution in [0.5, 0.6) is 0 Å². The number of aryl methyl sites for hydroxylation is 1.